The van der Waals surface area contributed by atoms with Gasteiger partial charge in [-0.15, -0.1) is 0 Å². The van der Waals surface area contributed by atoms with Gasteiger partial charge in [0.25, 0.3) is 0 Å². The molecule has 8 heteroatoms. The third kappa shape index (κ3) is 6.10. The van der Waals surface area contributed by atoms with E-state index in [1.165, 1.54) is 0 Å². The maximum atomic E-state index is 10.8. The zero-order valence-electron chi connectivity index (χ0n) is 16.1. The van der Waals surface area contributed by atoms with Crippen LogP contribution in [0.25, 0.3) is 0 Å². The molecule has 4 N–H and O–H groups in total. The van der Waals surface area contributed by atoms with Gasteiger partial charge in [0, 0.05) is 44.1 Å². The molecule has 1 unspecified atom stereocenters. The van der Waals surface area contributed by atoms with Gasteiger partial charge in [0.2, 0.25) is 0 Å². The second-order valence-electron chi connectivity index (χ2n) is 6.92. The van der Waals surface area contributed by atoms with Crippen molar-refractivity contribution in [2.24, 2.45) is 5.73 Å². The molecule has 2 aromatic rings. The number of nitrogens with two attached hydrogens (primary N) is 1. The number of ether oxygens (including phenoxy) is 1. The summed E-state index contributed by atoms with van der Waals surface area (Å²) in [5, 5.41) is 21.7. The van der Waals surface area contributed by atoms with E-state index in [1.807, 2.05) is 24.3 Å². The minimum absolute atomic E-state index is 0.193. The number of carbonyl (C=O) groups excluding carboxylic acids is 1. The highest BCUT2D eigenvalue weighted by atomic mass is 16.5. The summed E-state index contributed by atoms with van der Waals surface area (Å²) < 4.78 is 5.62. The minimum Gasteiger partial charge on any atom is -0.491 e. The lowest BCUT2D eigenvalue weighted by Gasteiger charge is -2.36. The third-order valence-electron chi connectivity index (χ3n) is 4.77. The Hall–Kier alpha value is -3.28. The molecule has 152 valence electrons. The maximum Gasteiger partial charge on any atom is 0.316 e. The summed E-state index contributed by atoms with van der Waals surface area (Å²) in [7, 11) is 0. The van der Waals surface area contributed by atoms with Crippen LogP contribution in [0.1, 0.15) is 5.56 Å². The number of nitrogens with zero attached hydrogens (tertiary/aromatic N) is 3. The van der Waals surface area contributed by atoms with Crippen LogP contribution in [-0.4, -0.2) is 61.5 Å². The number of carbonyl (C=O) groups is 1. The van der Waals surface area contributed by atoms with E-state index in [1.54, 1.807) is 24.3 Å². The standard InChI is InChI=1S/C21H25N5O3/c22-13-16-1-5-18(6-2-16)26-11-9-25(10-12-26)14-19(27)15-29-20-7-3-17(4-8-20)24-21(23)28/h1-8,19,27H,9-12,14-15H2,(H3,23,24,28). The van der Waals surface area contributed by atoms with Gasteiger partial charge < -0.3 is 25.8 Å². The van der Waals surface area contributed by atoms with E-state index in [-0.39, 0.29) is 6.61 Å². The number of aliphatic hydroxyl groups excluding tert-OH is 1. The second kappa shape index (κ2) is 9.78. The first kappa shape index (κ1) is 20.5. The summed E-state index contributed by atoms with van der Waals surface area (Å²) in [5.74, 6) is 0.615. The van der Waals surface area contributed by atoms with Gasteiger partial charge in [-0.3, -0.25) is 4.90 Å². The smallest absolute Gasteiger partial charge is 0.316 e. The molecule has 29 heavy (non-hydrogen) atoms. The largest absolute Gasteiger partial charge is 0.491 e. The van der Waals surface area contributed by atoms with Gasteiger partial charge in [0.15, 0.2) is 0 Å². The highest BCUT2D eigenvalue weighted by Crippen LogP contribution is 2.18. The lowest BCUT2D eigenvalue weighted by molar-refractivity contribution is 0.0663. The Balaban J connectivity index is 1.39. The Morgan fingerprint density at radius 1 is 1.14 bits per heavy atom. The fourth-order valence-corrected chi connectivity index (χ4v) is 3.26. The van der Waals surface area contributed by atoms with Crippen molar-refractivity contribution in [1.82, 2.24) is 4.90 Å². The predicted octanol–water partition coefficient (Wildman–Crippen LogP) is 1.61. The molecular weight excluding hydrogens is 370 g/mol. The quantitative estimate of drug-likeness (QED) is 0.656. The number of rotatable bonds is 7. The first-order valence-electron chi connectivity index (χ1n) is 9.48. The van der Waals surface area contributed by atoms with Crippen molar-refractivity contribution in [3.8, 4) is 11.8 Å². The van der Waals surface area contributed by atoms with Crippen LogP contribution in [0.15, 0.2) is 48.5 Å². The van der Waals surface area contributed by atoms with Crippen LogP contribution >= 0.6 is 0 Å². The summed E-state index contributed by atoms with van der Waals surface area (Å²) in [6.07, 6.45) is -0.597. The van der Waals surface area contributed by atoms with E-state index in [0.717, 1.165) is 31.9 Å². The molecule has 1 fully saturated rings. The van der Waals surface area contributed by atoms with Gasteiger partial charge in [-0.25, -0.2) is 4.79 Å². The molecule has 3 rings (SSSR count). The molecule has 0 aromatic heterocycles. The van der Waals surface area contributed by atoms with E-state index in [4.69, 9.17) is 15.7 Å². The zero-order valence-corrected chi connectivity index (χ0v) is 16.1. The van der Waals surface area contributed by atoms with Crippen LogP contribution in [0.4, 0.5) is 16.2 Å². The molecule has 0 spiro atoms. The molecule has 2 aromatic carbocycles. The monoisotopic (exact) mass is 395 g/mol. The van der Waals surface area contributed by atoms with Gasteiger partial charge in [-0.1, -0.05) is 0 Å². The van der Waals surface area contributed by atoms with Gasteiger partial charge >= 0.3 is 6.03 Å². The molecule has 8 nitrogen and oxygen atoms in total. The highest BCUT2D eigenvalue weighted by Gasteiger charge is 2.19. The fourth-order valence-electron chi connectivity index (χ4n) is 3.26. The number of benzene rings is 2. The lowest BCUT2D eigenvalue weighted by atomic mass is 10.2. The Morgan fingerprint density at radius 3 is 2.38 bits per heavy atom. The first-order valence-corrected chi connectivity index (χ1v) is 9.48. The van der Waals surface area contributed by atoms with Crippen LogP contribution in [0.2, 0.25) is 0 Å². The average Bonchev–Trinajstić information content (AvgIpc) is 2.73. The molecule has 1 saturated heterocycles. The Morgan fingerprint density at radius 2 is 1.79 bits per heavy atom. The number of amides is 2. The number of hydrogen-bond acceptors (Lipinski definition) is 6. The number of nitrogens with one attached hydrogen (secondary N) is 1. The van der Waals surface area contributed by atoms with Crippen LogP contribution < -0.4 is 20.7 Å². The van der Waals surface area contributed by atoms with Crippen molar-refractivity contribution in [2.75, 3.05) is 49.5 Å². The SMILES string of the molecule is N#Cc1ccc(N2CCN(CC(O)COc3ccc(NC(N)=O)cc3)CC2)cc1. The van der Waals surface area contributed by atoms with E-state index in [2.05, 4.69) is 21.2 Å². The predicted molar refractivity (Wildman–Crippen MR) is 111 cm³/mol. The van der Waals surface area contributed by atoms with Crippen molar-refractivity contribution < 1.29 is 14.6 Å². The van der Waals surface area contributed by atoms with E-state index in [9.17, 15) is 9.90 Å². The molecule has 1 aliphatic heterocycles. The van der Waals surface area contributed by atoms with Crippen LogP contribution in [0.5, 0.6) is 5.75 Å². The highest BCUT2D eigenvalue weighted by molar-refractivity contribution is 5.87. The normalized spacial score (nSPS) is 15.4. The van der Waals surface area contributed by atoms with E-state index >= 15 is 0 Å². The molecule has 0 bridgehead atoms. The van der Waals surface area contributed by atoms with Crippen molar-refractivity contribution in [3.05, 3.63) is 54.1 Å². The molecule has 1 heterocycles. The number of anilines is 2. The Bertz CT molecular complexity index is 840. The lowest BCUT2D eigenvalue weighted by Crippen LogP contribution is -2.49. The Labute approximate surface area is 170 Å². The molecule has 0 saturated carbocycles. The van der Waals surface area contributed by atoms with Crippen molar-refractivity contribution in [2.45, 2.75) is 6.10 Å². The summed E-state index contributed by atoms with van der Waals surface area (Å²) in [6.45, 7) is 4.18. The molecule has 2 amide bonds. The number of hydrogen-bond donors (Lipinski definition) is 3. The van der Waals surface area contributed by atoms with E-state index in [0.29, 0.717) is 23.5 Å². The topological polar surface area (TPSA) is 115 Å². The first-order chi connectivity index (χ1) is 14.0. The molecular formula is C21H25N5O3. The minimum atomic E-state index is -0.617. The maximum absolute atomic E-state index is 10.8. The second-order valence-corrected chi connectivity index (χ2v) is 6.92. The van der Waals surface area contributed by atoms with Crippen LogP contribution in [0.3, 0.4) is 0 Å². The van der Waals surface area contributed by atoms with Crippen LogP contribution in [0, 0.1) is 11.3 Å². The van der Waals surface area contributed by atoms with Gasteiger partial charge in [0.05, 0.1) is 11.6 Å². The van der Waals surface area contributed by atoms with Crippen molar-refractivity contribution >= 4 is 17.4 Å². The average molecular weight is 395 g/mol. The molecule has 0 aliphatic carbocycles. The fraction of sp³-hybridized carbons (Fsp3) is 0.333. The van der Waals surface area contributed by atoms with Gasteiger partial charge in [-0.05, 0) is 48.5 Å². The number of primary amides is 1. The summed E-state index contributed by atoms with van der Waals surface area (Å²) in [5.41, 5.74) is 7.43. The number of urea groups is 1. The summed E-state index contributed by atoms with van der Waals surface area (Å²) in [6, 6.07) is 15.9. The van der Waals surface area contributed by atoms with Crippen molar-refractivity contribution in [1.29, 1.82) is 5.26 Å². The van der Waals surface area contributed by atoms with Crippen molar-refractivity contribution in [3.63, 3.8) is 0 Å². The Kier molecular flexibility index (Phi) is 6.89. The summed E-state index contributed by atoms with van der Waals surface area (Å²) in [4.78, 5) is 15.3. The number of nitriles is 1. The third-order valence-corrected chi connectivity index (χ3v) is 4.77. The molecule has 1 atom stereocenters. The number of piperazine rings is 1. The molecule has 0 radical (unpaired) electrons. The number of β-amino-alcohol motifs (C(OH)–C–C–N with tert-alkyl or cyclic N) is 1. The van der Waals surface area contributed by atoms with Gasteiger partial charge in [0.1, 0.15) is 18.5 Å². The number of aliphatic hydroxyl groups is 1. The van der Waals surface area contributed by atoms with E-state index < -0.39 is 12.1 Å². The zero-order chi connectivity index (χ0) is 20.6. The summed E-state index contributed by atoms with van der Waals surface area (Å²) >= 11 is 0. The molecule has 1 aliphatic rings. The van der Waals surface area contributed by atoms with Crippen LogP contribution in [-0.2, 0) is 0 Å². The van der Waals surface area contributed by atoms with Gasteiger partial charge in [-0.2, -0.15) is 5.26 Å².